The van der Waals surface area contributed by atoms with Crippen LogP contribution in [0.25, 0.3) is 5.69 Å². The molecule has 3 heterocycles. The zero-order chi connectivity index (χ0) is 20.4. The van der Waals surface area contributed by atoms with E-state index in [0.717, 1.165) is 12.8 Å². The molecule has 1 aliphatic heterocycles. The predicted octanol–water partition coefficient (Wildman–Crippen LogP) is 0.906. The summed E-state index contributed by atoms with van der Waals surface area (Å²) in [6.45, 7) is 2.41. The number of methoxy groups -OCH3 is 1. The number of ether oxygens (including phenoxy) is 1. The fourth-order valence-corrected chi connectivity index (χ4v) is 3.44. The van der Waals surface area contributed by atoms with Gasteiger partial charge in [-0.2, -0.15) is 19.8 Å². The van der Waals surface area contributed by atoms with Crippen molar-refractivity contribution < 1.29 is 14.3 Å². The molecule has 0 spiro atoms. The van der Waals surface area contributed by atoms with Gasteiger partial charge in [0.15, 0.2) is 0 Å². The smallest absolute Gasteiger partial charge is 0.379 e. The summed E-state index contributed by atoms with van der Waals surface area (Å²) >= 11 is 0. The molecular formula is C18H20N8O3. The zero-order valence-electron chi connectivity index (χ0n) is 16.0. The Morgan fingerprint density at radius 2 is 1.90 bits per heavy atom. The molecular weight excluding hydrogens is 376 g/mol. The first-order valence-corrected chi connectivity index (χ1v) is 9.23. The van der Waals surface area contributed by atoms with Gasteiger partial charge in [0.25, 0.3) is 11.7 Å². The molecule has 150 valence electrons. The van der Waals surface area contributed by atoms with Crippen LogP contribution in [-0.4, -0.2) is 71.7 Å². The van der Waals surface area contributed by atoms with E-state index in [9.17, 15) is 9.59 Å². The molecule has 0 N–H and O–H groups in total. The van der Waals surface area contributed by atoms with Crippen molar-refractivity contribution in [3.8, 4) is 5.69 Å². The molecule has 29 heavy (non-hydrogen) atoms. The van der Waals surface area contributed by atoms with Crippen LogP contribution < -0.4 is 0 Å². The molecule has 0 aliphatic carbocycles. The lowest BCUT2D eigenvalue weighted by atomic mass is 9.98. The molecule has 11 heteroatoms. The third-order valence-corrected chi connectivity index (χ3v) is 5.01. The Hall–Kier alpha value is -3.63. The maximum Gasteiger partial charge on any atom is 0.379 e. The molecule has 0 radical (unpaired) electrons. The lowest BCUT2D eigenvalue weighted by molar-refractivity contribution is 0.0536. The molecule has 11 nitrogen and oxygen atoms in total. The standard InChI is InChI=1S/C18H20N8O3/c1-12-7-8-13(25-22-16(21-23-25)18(28)29-2)11-24(12)17(27)14-5-3-4-6-15(14)26-19-9-10-20-26/h3-6,9-10,12-13H,7-8,11H2,1-2H3/t12-,13-/m1/s1. The number of carbonyl (C=O) groups excluding carboxylic acids is 2. The molecule has 0 unspecified atom stereocenters. The van der Waals surface area contributed by atoms with E-state index in [2.05, 4.69) is 30.3 Å². The molecule has 1 fully saturated rings. The van der Waals surface area contributed by atoms with Gasteiger partial charge in [0, 0.05) is 12.6 Å². The van der Waals surface area contributed by atoms with Gasteiger partial charge in [-0.3, -0.25) is 4.79 Å². The summed E-state index contributed by atoms with van der Waals surface area (Å²) in [5.74, 6) is -0.864. The zero-order valence-corrected chi connectivity index (χ0v) is 16.0. The van der Waals surface area contributed by atoms with E-state index < -0.39 is 5.97 Å². The van der Waals surface area contributed by atoms with Gasteiger partial charge >= 0.3 is 5.97 Å². The Kier molecular flexibility index (Phi) is 5.02. The van der Waals surface area contributed by atoms with Gasteiger partial charge in [-0.25, -0.2) is 4.79 Å². The molecule has 2 aromatic heterocycles. The minimum Gasteiger partial charge on any atom is -0.463 e. The minimum absolute atomic E-state index is 0.0426. The Morgan fingerprint density at radius 1 is 1.14 bits per heavy atom. The highest BCUT2D eigenvalue weighted by Gasteiger charge is 2.33. The number of piperidine rings is 1. The second kappa shape index (κ2) is 7.78. The maximum absolute atomic E-state index is 13.4. The first-order valence-electron chi connectivity index (χ1n) is 9.23. The van der Waals surface area contributed by atoms with Crippen LogP contribution >= 0.6 is 0 Å². The van der Waals surface area contributed by atoms with Crippen LogP contribution in [0.4, 0.5) is 0 Å². The summed E-state index contributed by atoms with van der Waals surface area (Å²) in [4.78, 5) is 29.6. The number of nitrogens with zero attached hydrogens (tertiary/aromatic N) is 8. The number of likely N-dealkylation sites (tertiary alicyclic amines) is 1. The molecule has 0 saturated carbocycles. The van der Waals surface area contributed by atoms with Crippen molar-refractivity contribution in [3.05, 3.63) is 48.0 Å². The number of hydrogen-bond acceptors (Lipinski definition) is 8. The van der Waals surface area contributed by atoms with Gasteiger partial charge < -0.3 is 9.64 Å². The van der Waals surface area contributed by atoms with Crippen molar-refractivity contribution in [2.75, 3.05) is 13.7 Å². The summed E-state index contributed by atoms with van der Waals surface area (Å²) in [7, 11) is 1.26. The molecule has 1 amide bonds. The van der Waals surface area contributed by atoms with Crippen molar-refractivity contribution in [2.24, 2.45) is 0 Å². The van der Waals surface area contributed by atoms with E-state index in [0.29, 0.717) is 17.8 Å². The van der Waals surface area contributed by atoms with Crippen LogP contribution in [0.15, 0.2) is 36.7 Å². The third-order valence-electron chi connectivity index (χ3n) is 5.01. The number of esters is 1. The van der Waals surface area contributed by atoms with Gasteiger partial charge in [-0.05, 0) is 37.1 Å². The van der Waals surface area contributed by atoms with Crippen molar-refractivity contribution in [1.29, 1.82) is 0 Å². The normalized spacial score (nSPS) is 19.2. The van der Waals surface area contributed by atoms with Crippen LogP contribution in [0.5, 0.6) is 0 Å². The highest BCUT2D eigenvalue weighted by atomic mass is 16.5. The van der Waals surface area contributed by atoms with Crippen LogP contribution in [0, 0.1) is 0 Å². The van der Waals surface area contributed by atoms with Crippen molar-refractivity contribution in [1.82, 2.24) is 40.1 Å². The first-order chi connectivity index (χ1) is 14.1. The van der Waals surface area contributed by atoms with Crippen molar-refractivity contribution >= 4 is 11.9 Å². The fourth-order valence-electron chi connectivity index (χ4n) is 3.44. The average molecular weight is 396 g/mol. The fraction of sp³-hybridized carbons (Fsp3) is 0.389. The molecule has 3 aromatic rings. The summed E-state index contributed by atoms with van der Waals surface area (Å²) < 4.78 is 4.62. The third kappa shape index (κ3) is 3.58. The molecule has 4 rings (SSSR count). The Morgan fingerprint density at radius 3 is 2.66 bits per heavy atom. The van der Waals surface area contributed by atoms with Gasteiger partial charge in [0.05, 0.1) is 36.8 Å². The molecule has 1 aliphatic rings. The molecule has 2 atom stereocenters. The maximum atomic E-state index is 13.4. The van der Waals surface area contributed by atoms with Crippen LogP contribution in [0.2, 0.25) is 0 Å². The van der Waals surface area contributed by atoms with E-state index in [4.69, 9.17) is 0 Å². The van der Waals surface area contributed by atoms with E-state index >= 15 is 0 Å². The summed E-state index contributed by atoms with van der Waals surface area (Å²) in [5, 5.41) is 20.1. The predicted molar refractivity (Wildman–Crippen MR) is 99.3 cm³/mol. The Labute approximate surface area is 166 Å². The summed E-state index contributed by atoms with van der Waals surface area (Å²) in [5.41, 5.74) is 1.13. The lowest BCUT2D eigenvalue weighted by Gasteiger charge is -2.37. The number of tetrazole rings is 1. The first kappa shape index (κ1) is 18.7. The highest BCUT2D eigenvalue weighted by molar-refractivity contribution is 5.98. The number of hydrogen-bond donors (Lipinski definition) is 0. The van der Waals surface area contributed by atoms with Gasteiger partial charge in [0.2, 0.25) is 0 Å². The Balaban J connectivity index is 1.59. The van der Waals surface area contributed by atoms with E-state index in [1.165, 1.54) is 16.7 Å². The van der Waals surface area contributed by atoms with Crippen LogP contribution in [0.3, 0.4) is 0 Å². The number of aromatic nitrogens is 7. The van der Waals surface area contributed by atoms with Crippen LogP contribution in [0.1, 0.15) is 46.8 Å². The molecule has 1 aromatic carbocycles. The second-order valence-electron chi connectivity index (χ2n) is 6.80. The number of para-hydroxylation sites is 1. The lowest BCUT2D eigenvalue weighted by Crippen LogP contribution is -2.46. The van der Waals surface area contributed by atoms with Crippen molar-refractivity contribution in [2.45, 2.75) is 31.8 Å². The SMILES string of the molecule is COC(=O)c1nnn([C@@H]2CC[C@@H](C)N(C(=O)c3ccccc3-n3nccn3)C2)n1. The quantitative estimate of drug-likeness (QED) is 0.597. The summed E-state index contributed by atoms with van der Waals surface area (Å²) in [6.07, 6.45) is 4.67. The number of rotatable bonds is 4. The van der Waals surface area contributed by atoms with Crippen molar-refractivity contribution in [3.63, 3.8) is 0 Å². The topological polar surface area (TPSA) is 121 Å². The van der Waals surface area contributed by atoms with E-state index in [1.807, 2.05) is 19.1 Å². The Bertz CT molecular complexity index is 1020. The van der Waals surface area contributed by atoms with Crippen LogP contribution in [-0.2, 0) is 4.74 Å². The second-order valence-corrected chi connectivity index (χ2v) is 6.80. The van der Waals surface area contributed by atoms with Gasteiger partial charge in [0.1, 0.15) is 0 Å². The largest absolute Gasteiger partial charge is 0.463 e. The highest BCUT2D eigenvalue weighted by Crippen LogP contribution is 2.27. The van der Waals surface area contributed by atoms with Gasteiger partial charge in [-0.15, -0.1) is 10.2 Å². The van der Waals surface area contributed by atoms with E-state index in [1.54, 1.807) is 29.4 Å². The minimum atomic E-state index is -0.644. The van der Waals surface area contributed by atoms with E-state index in [-0.39, 0.29) is 23.8 Å². The molecule has 0 bridgehead atoms. The summed E-state index contributed by atoms with van der Waals surface area (Å²) in [6, 6.07) is 7.08. The number of benzene rings is 1. The number of amides is 1. The van der Waals surface area contributed by atoms with Gasteiger partial charge in [-0.1, -0.05) is 12.1 Å². The molecule has 1 saturated heterocycles. The average Bonchev–Trinajstić information content (AvgIpc) is 3.45. The number of carbonyl (C=O) groups is 2. The monoisotopic (exact) mass is 396 g/mol.